The highest BCUT2D eigenvalue weighted by Crippen LogP contribution is 2.23. The minimum atomic E-state index is 0.384. The van der Waals surface area contributed by atoms with Crippen LogP contribution in [0, 0.1) is 6.92 Å². The molecule has 0 saturated carbocycles. The molecule has 20 heavy (non-hydrogen) atoms. The van der Waals surface area contributed by atoms with E-state index in [1.807, 2.05) is 19.2 Å². The Morgan fingerprint density at radius 1 is 1.10 bits per heavy atom. The molecule has 1 nitrogen and oxygen atoms in total. The van der Waals surface area contributed by atoms with Gasteiger partial charge >= 0.3 is 0 Å². The summed E-state index contributed by atoms with van der Waals surface area (Å²) in [6.07, 6.45) is 1.94. The van der Waals surface area contributed by atoms with Gasteiger partial charge in [0.15, 0.2) is 0 Å². The van der Waals surface area contributed by atoms with E-state index in [1.54, 1.807) is 0 Å². The third-order valence-electron chi connectivity index (χ3n) is 3.62. The molecule has 2 rings (SSSR count). The molecule has 0 aliphatic rings. The quantitative estimate of drug-likeness (QED) is 0.816. The van der Waals surface area contributed by atoms with Crippen LogP contribution >= 0.6 is 27.5 Å². The molecule has 0 amide bonds. The zero-order valence-corrected chi connectivity index (χ0v) is 14.1. The number of hydrogen-bond acceptors (Lipinski definition) is 1. The van der Waals surface area contributed by atoms with Crippen LogP contribution in [-0.4, -0.2) is 13.1 Å². The van der Waals surface area contributed by atoms with Crippen LogP contribution in [-0.2, 0) is 12.8 Å². The standard InChI is InChI=1S/C17H19BrClN/c1-12-5-3-4-6-13(12)9-16(20-2)10-14-7-8-15(18)11-17(14)19/h3-8,11,16,20H,9-10H2,1-2H3. The van der Waals surface area contributed by atoms with E-state index in [0.717, 1.165) is 22.3 Å². The molecule has 0 aliphatic carbocycles. The van der Waals surface area contributed by atoms with Gasteiger partial charge < -0.3 is 5.32 Å². The second kappa shape index (κ2) is 7.26. The third kappa shape index (κ3) is 4.08. The monoisotopic (exact) mass is 351 g/mol. The smallest absolute Gasteiger partial charge is 0.0449 e. The van der Waals surface area contributed by atoms with Crippen molar-refractivity contribution in [2.75, 3.05) is 7.05 Å². The Morgan fingerprint density at radius 3 is 2.45 bits per heavy atom. The van der Waals surface area contributed by atoms with Crippen LogP contribution in [0.25, 0.3) is 0 Å². The third-order valence-corrected chi connectivity index (χ3v) is 4.46. The second-order valence-corrected chi connectivity index (χ2v) is 6.38. The van der Waals surface area contributed by atoms with Crippen molar-refractivity contribution < 1.29 is 0 Å². The first kappa shape index (κ1) is 15.6. The SMILES string of the molecule is CNC(Cc1ccccc1C)Cc1ccc(Br)cc1Cl. The molecule has 2 aromatic carbocycles. The van der Waals surface area contributed by atoms with Crippen LogP contribution in [0.1, 0.15) is 16.7 Å². The summed E-state index contributed by atoms with van der Waals surface area (Å²) in [5, 5.41) is 4.22. The number of hydrogen-bond donors (Lipinski definition) is 1. The molecule has 0 heterocycles. The van der Waals surface area contributed by atoms with Crippen molar-refractivity contribution >= 4 is 27.5 Å². The first-order chi connectivity index (χ1) is 9.60. The Bertz CT molecular complexity index is 583. The number of halogens is 2. The number of aryl methyl sites for hydroxylation is 1. The zero-order valence-electron chi connectivity index (χ0n) is 11.8. The van der Waals surface area contributed by atoms with Crippen molar-refractivity contribution in [2.45, 2.75) is 25.8 Å². The lowest BCUT2D eigenvalue weighted by Gasteiger charge is -2.18. The average Bonchev–Trinajstić information content (AvgIpc) is 2.43. The van der Waals surface area contributed by atoms with Crippen molar-refractivity contribution in [3.63, 3.8) is 0 Å². The molecule has 0 fully saturated rings. The fourth-order valence-electron chi connectivity index (χ4n) is 2.33. The maximum Gasteiger partial charge on any atom is 0.0449 e. The Hall–Kier alpha value is -0.830. The van der Waals surface area contributed by atoms with Gasteiger partial charge in [0.05, 0.1) is 0 Å². The van der Waals surface area contributed by atoms with E-state index in [2.05, 4.69) is 58.5 Å². The zero-order chi connectivity index (χ0) is 14.5. The summed E-state index contributed by atoms with van der Waals surface area (Å²) in [7, 11) is 2.01. The average molecular weight is 353 g/mol. The molecule has 3 heteroatoms. The molecule has 1 atom stereocenters. The number of likely N-dealkylation sites (N-methyl/N-ethyl adjacent to an activating group) is 1. The van der Waals surface area contributed by atoms with Gasteiger partial charge in [0.1, 0.15) is 0 Å². The Labute approximate surface area is 134 Å². The lowest BCUT2D eigenvalue weighted by atomic mass is 9.96. The molecule has 0 bridgehead atoms. The molecule has 2 aromatic rings. The van der Waals surface area contributed by atoms with Crippen molar-refractivity contribution in [3.05, 3.63) is 68.7 Å². The van der Waals surface area contributed by atoms with Gasteiger partial charge in [-0.2, -0.15) is 0 Å². The maximum absolute atomic E-state index is 6.31. The van der Waals surface area contributed by atoms with E-state index in [0.29, 0.717) is 6.04 Å². The summed E-state index contributed by atoms with van der Waals surface area (Å²) < 4.78 is 1.02. The fraction of sp³-hybridized carbons (Fsp3) is 0.294. The Balaban J connectivity index is 2.11. The summed E-state index contributed by atoms with van der Waals surface area (Å²) in [4.78, 5) is 0. The largest absolute Gasteiger partial charge is 0.316 e. The van der Waals surface area contributed by atoms with Gasteiger partial charge in [0, 0.05) is 15.5 Å². The minimum absolute atomic E-state index is 0.384. The lowest BCUT2D eigenvalue weighted by molar-refractivity contribution is 0.555. The van der Waals surface area contributed by atoms with E-state index >= 15 is 0 Å². The highest BCUT2D eigenvalue weighted by Gasteiger charge is 2.12. The van der Waals surface area contributed by atoms with Gasteiger partial charge in [0.2, 0.25) is 0 Å². The maximum atomic E-state index is 6.31. The van der Waals surface area contributed by atoms with E-state index in [4.69, 9.17) is 11.6 Å². The van der Waals surface area contributed by atoms with Crippen LogP contribution in [0.15, 0.2) is 46.9 Å². The van der Waals surface area contributed by atoms with Gasteiger partial charge in [-0.05, 0) is 55.6 Å². The van der Waals surface area contributed by atoms with Crippen molar-refractivity contribution in [1.29, 1.82) is 0 Å². The molecule has 0 saturated heterocycles. The molecule has 106 valence electrons. The predicted octanol–water partition coefficient (Wildman–Crippen LogP) is 4.78. The topological polar surface area (TPSA) is 12.0 Å². The van der Waals surface area contributed by atoms with Crippen LogP contribution in [0.4, 0.5) is 0 Å². The van der Waals surface area contributed by atoms with Crippen LogP contribution in [0.5, 0.6) is 0 Å². The molecule has 0 aliphatic heterocycles. The first-order valence-electron chi connectivity index (χ1n) is 6.76. The molecular weight excluding hydrogens is 334 g/mol. The Kier molecular flexibility index (Phi) is 5.64. The fourth-order valence-corrected chi connectivity index (χ4v) is 3.08. The second-order valence-electron chi connectivity index (χ2n) is 5.06. The van der Waals surface area contributed by atoms with Crippen LogP contribution < -0.4 is 5.32 Å². The molecule has 0 aromatic heterocycles. The highest BCUT2D eigenvalue weighted by atomic mass is 79.9. The van der Waals surface area contributed by atoms with E-state index in [9.17, 15) is 0 Å². The van der Waals surface area contributed by atoms with Gasteiger partial charge in [-0.3, -0.25) is 0 Å². The number of nitrogens with one attached hydrogen (secondary N) is 1. The summed E-state index contributed by atoms with van der Waals surface area (Å²) in [5.41, 5.74) is 3.91. The van der Waals surface area contributed by atoms with Gasteiger partial charge in [0.25, 0.3) is 0 Å². The van der Waals surface area contributed by atoms with Crippen molar-refractivity contribution in [1.82, 2.24) is 5.32 Å². The first-order valence-corrected chi connectivity index (χ1v) is 7.93. The summed E-state index contributed by atoms with van der Waals surface area (Å²) in [6, 6.07) is 15.0. The normalized spacial score (nSPS) is 12.4. The predicted molar refractivity (Wildman–Crippen MR) is 90.6 cm³/mol. The summed E-state index contributed by atoms with van der Waals surface area (Å²) >= 11 is 9.75. The molecule has 0 spiro atoms. The highest BCUT2D eigenvalue weighted by molar-refractivity contribution is 9.10. The van der Waals surface area contributed by atoms with E-state index in [1.165, 1.54) is 16.7 Å². The van der Waals surface area contributed by atoms with Crippen LogP contribution in [0.2, 0.25) is 5.02 Å². The number of benzene rings is 2. The molecule has 0 radical (unpaired) electrons. The van der Waals surface area contributed by atoms with Crippen molar-refractivity contribution in [3.8, 4) is 0 Å². The van der Waals surface area contributed by atoms with Gasteiger partial charge in [-0.25, -0.2) is 0 Å². The molecule has 1 N–H and O–H groups in total. The molecular formula is C17H19BrClN. The van der Waals surface area contributed by atoms with Gasteiger partial charge in [-0.15, -0.1) is 0 Å². The lowest BCUT2D eigenvalue weighted by Crippen LogP contribution is -2.30. The minimum Gasteiger partial charge on any atom is -0.316 e. The van der Waals surface area contributed by atoms with E-state index < -0.39 is 0 Å². The van der Waals surface area contributed by atoms with E-state index in [-0.39, 0.29) is 0 Å². The number of rotatable bonds is 5. The molecule has 1 unspecified atom stereocenters. The summed E-state index contributed by atoms with van der Waals surface area (Å²) in [5.74, 6) is 0. The van der Waals surface area contributed by atoms with Gasteiger partial charge in [-0.1, -0.05) is 57.9 Å². The Morgan fingerprint density at radius 2 is 1.80 bits per heavy atom. The summed E-state index contributed by atoms with van der Waals surface area (Å²) in [6.45, 7) is 2.16. The van der Waals surface area contributed by atoms with Crippen LogP contribution in [0.3, 0.4) is 0 Å². The van der Waals surface area contributed by atoms with Crippen molar-refractivity contribution in [2.24, 2.45) is 0 Å².